The SMILES string of the molecule is COc1cc(C=Nc2ccccc2)ccc1OCc1ccc(C(=O)O)o1. The van der Waals surface area contributed by atoms with Crippen molar-refractivity contribution < 1.29 is 23.8 Å². The number of carboxylic acid groups (broad SMARTS) is 1. The molecule has 1 N–H and O–H groups in total. The molecule has 0 aliphatic carbocycles. The number of nitrogens with zero attached hydrogens (tertiary/aromatic N) is 1. The maximum atomic E-state index is 10.8. The van der Waals surface area contributed by atoms with E-state index in [-0.39, 0.29) is 12.4 Å². The number of para-hydroxylation sites is 1. The molecule has 0 aliphatic heterocycles. The van der Waals surface area contributed by atoms with E-state index in [4.69, 9.17) is 19.0 Å². The van der Waals surface area contributed by atoms with Crippen molar-refractivity contribution in [1.82, 2.24) is 0 Å². The normalized spacial score (nSPS) is 10.8. The minimum Gasteiger partial charge on any atom is -0.493 e. The predicted molar refractivity (Wildman–Crippen MR) is 96.7 cm³/mol. The first-order valence-corrected chi connectivity index (χ1v) is 7.87. The summed E-state index contributed by atoms with van der Waals surface area (Å²) in [4.78, 5) is 15.2. The third kappa shape index (κ3) is 4.30. The summed E-state index contributed by atoms with van der Waals surface area (Å²) in [6.07, 6.45) is 1.74. The zero-order valence-electron chi connectivity index (χ0n) is 14.1. The molecule has 6 heteroatoms. The minimum absolute atomic E-state index is 0.0983. The molecule has 3 rings (SSSR count). The fourth-order valence-electron chi connectivity index (χ4n) is 2.27. The first-order valence-electron chi connectivity index (χ1n) is 7.87. The molecule has 1 aromatic heterocycles. The van der Waals surface area contributed by atoms with Gasteiger partial charge in [0.05, 0.1) is 12.8 Å². The number of aliphatic imine (C=N–C) groups is 1. The highest BCUT2D eigenvalue weighted by Gasteiger charge is 2.11. The number of ether oxygens (including phenoxy) is 2. The van der Waals surface area contributed by atoms with Crippen molar-refractivity contribution in [3.8, 4) is 11.5 Å². The zero-order chi connectivity index (χ0) is 18.4. The van der Waals surface area contributed by atoms with Crippen LogP contribution < -0.4 is 9.47 Å². The van der Waals surface area contributed by atoms with E-state index in [1.807, 2.05) is 42.5 Å². The summed E-state index contributed by atoms with van der Waals surface area (Å²) in [5.74, 6) is 0.253. The Bertz CT molecular complexity index is 915. The molecule has 0 aliphatic rings. The van der Waals surface area contributed by atoms with Crippen LogP contribution in [-0.2, 0) is 6.61 Å². The molecule has 0 saturated heterocycles. The van der Waals surface area contributed by atoms with E-state index >= 15 is 0 Å². The molecule has 26 heavy (non-hydrogen) atoms. The second kappa shape index (κ2) is 8.02. The van der Waals surface area contributed by atoms with Crippen LogP contribution in [0.4, 0.5) is 5.69 Å². The van der Waals surface area contributed by atoms with Crippen molar-refractivity contribution in [2.75, 3.05) is 7.11 Å². The van der Waals surface area contributed by atoms with Gasteiger partial charge in [-0.2, -0.15) is 0 Å². The van der Waals surface area contributed by atoms with Gasteiger partial charge in [-0.1, -0.05) is 18.2 Å². The van der Waals surface area contributed by atoms with Gasteiger partial charge in [0.2, 0.25) is 5.76 Å². The standard InChI is InChI=1S/C20H17NO5/c1-24-19-11-14(12-21-15-5-3-2-4-6-15)7-9-17(19)25-13-16-8-10-18(26-16)20(22)23/h2-12H,13H2,1H3,(H,22,23). The molecule has 2 aromatic carbocycles. The Kier molecular flexibility index (Phi) is 5.34. The van der Waals surface area contributed by atoms with Crippen LogP contribution in [0, 0.1) is 0 Å². The van der Waals surface area contributed by atoms with Crippen LogP contribution >= 0.6 is 0 Å². The van der Waals surface area contributed by atoms with Gasteiger partial charge in [0.25, 0.3) is 0 Å². The summed E-state index contributed by atoms with van der Waals surface area (Å²) in [7, 11) is 1.55. The largest absolute Gasteiger partial charge is 0.493 e. The number of benzene rings is 2. The highest BCUT2D eigenvalue weighted by atomic mass is 16.5. The van der Waals surface area contributed by atoms with Crippen molar-refractivity contribution >= 4 is 17.9 Å². The van der Waals surface area contributed by atoms with Gasteiger partial charge in [-0.3, -0.25) is 4.99 Å². The molecular weight excluding hydrogens is 334 g/mol. The van der Waals surface area contributed by atoms with Crippen LogP contribution in [0.5, 0.6) is 11.5 Å². The number of hydrogen-bond donors (Lipinski definition) is 1. The number of methoxy groups -OCH3 is 1. The fraction of sp³-hybridized carbons (Fsp3) is 0.100. The smallest absolute Gasteiger partial charge is 0.371 e. The van der Waals surface area contributed by atoms with Crippen molar-refractivity contribution in [1.29, 1.82) is 0 Å². The molecule has 3 aromatic rings. The molecule has 132 valence electrons. The van der Waals surface area contributed by atoms with E-state index in [2.05, 4.69) is 4.99 Å². The van der Waals surface area contributed by atoms with Gasteiger partial charge in [0, 0.05) is 6.21 Å². The summed E-state index contributed by atoms with van der Waals surface area (Å²) < 4.78 is 16.2. The quantitative estimate of drug-likeness (QED) is 0.641. The van der Waals surface area contributed by atoms with Crippen molar-refractivity contribution in [3.63, 3.8) is 0 Å². The summed E-state index contributed by atoms with van der Waals surface area (Å²) >= 11 is 0. The Morgan fingerprint density at radius 2 is 1.92 bits per heavy atom. The lowest BCUT2D eigenvalue weighted by atomic mass is 10.2. The van der Waals surface area contributed by atoms with Gasteiger partial charge in [0.1, 0.15) is 12.4 Å². The topological polar surface area (TPSA) is 81.3 Å². The van der Waals surface area contributed by atoms with Crippen molar-refractivity contribution in [3.05, 3.63) is 77.7 Å². The average molecular weight is 351 g/mol. The van der Waals surface area contributed by atoms with E-state index < -0.39 is 5.97 Å². The van der Waals surface area contributed by atoms with Crippen LogP contribution in [0.2, 0.25) is 0 Å². The first-order chi connectivity index (χ1) is 12.7. The number of aromatic carboxylic acids is 1. The number of hydrogen-bond acceptors (Lipinski definition) is 5. The van der Waals surface area contributed by atoms with E-state index in [1.54, 1.807) is 25.5 Å². The second-order valence-corrected chi connectivity index (χ2v) is 5.36. The monoisotopic (exact) mass is 351 g/mol. The Morgan fingerprint density at radius 3 is 2.62 bits per heavy atom. The van der Waals surface area contributed by atoms with Crippen molar-refractivity contribution in [2.45, 2.75) is 6.61 Å². The molecule has 0 spiro atoms. The zero-order valence-corrected chi connectivity index (χ0v) is 14.1. The molecule has 0 bridgehead atoms. The van der Waals surface area contributed by atoms with Crippen molar-refractivity contribution in [2.24, 2.45) is 4.99 Å². The van der Waals surface area contributed by atoms with Gasteiger partial charge >= 0.3 is 5.97 Å². The lowest BCUT2D eigenvalue weighted by Crippen LogP contribution is -1.98. The Balaban J connectivity index is 1.70. The Hall–Kier alpha value is -3.54. The van der Waals surface area contributed by atoms with Crippen LogP contribution in [0.25, 0.3) is 0 Å². The van der Waals surface area contributed by atoms with Gasteiger partial charge < -0.3 is 19.0 Å². The van der Waals surface area contributed by atoms with Gasteiger partial charge in [-0.25, -0.2) is 4.79 Å². The second-order valence-electron chi connectivity index (χ2n) is 5.36. The number of rotatable bonds is 7. The van der Waals surface area contributed by atoms with E-state index in [1.165, 1.54) is 6.07 Å². The highest BCUT2D eigenvalue weighted by Crippen LogP contribution is 2.28. The number of carboxylic acids is 1. The first kappa shape index (κ1) is 17.3. The third-order valence-electron chi connectivity index (χ3n) is 3.55. The van der Waals surface area contributed by atoms with Gasteiger partial charge in [0.15, 0.2) is 11.5 Å². The van der Waals surface area contributed by atoms with E-state index in [0.29, 0.717) is 17.3 Å². The third-order valence-corrected chi connectivity index (χ3v) is 3.55. The Labute approximate surface area is 150 Å². The van der Waals surface area contributed by atoms with Crippen LogP contribution in [0.15, 0.2) is 70.1 Å². The summed E-state index contributed by atoms with van der Waals surface area (Å²) in [6.45, 7) is 0.0983. The summed E-state index contributed by atoms with van der Waals surface area (Å²) in [6, 6.07) is 18.0. The molecular formula is C20H17NO5. The fourth-order valence-corrected chi connectivity index (χ4v) is 2.27. The molecule has 0 radical (unpaired) electrons. The van der Waals surface area contributed by atoms with Gasteiger partial charge in [-0.15, -0.1) is 0 Å². The van der Waals surface area contributed by atoms with Gasteiger partial charge in [-0.05, 0) is 48.0 Å². The van der Waals surface area contributed by atoms with E-state index in [0.717, 1.165) is 11.3 Å². The molecule has 0 saturated carbocycles. The van der Waals surface area contributed by atoms with Crippen LogP contribution in [-0.4, -0.2) is 24.4 Å². The molecule has 1 heterocycles. The maximum absolute atomic E-state index is 10.8. The maximum Gasteiger partial charge on any atom is 0.371 e. The van der Waals surface area contributed by atoms with Crippen LogP contribution in [0.1, 0.15) is 21.9 Å². The summed E-state index contributed by atoms with van der Waals surface area (Å²) in [5.41, 5.74) is 1.73. The molecule has 0 amide bonds. The summed E-state index contributed by atoms with van der Waals surface area (Å²) in [5, 5.41) is 8.86. The van der Waals surface area contributed by atoms with E-state index in [9.17, 15) is 4.79 Å². The molecule has 0 fully saturated rings. The lowest BCUT2D eigenvalue weighted by molar-refractivity contribution is 0.0658. The number of carbonyl (C=O) groups is 1. The minimum atomic E-state index is -1.11. The predicted octanol–water partition coefficient (Wildman–Crippen LogP) is 4.32. The number of furan rings is 1. The Morgan fingerprint density at radius 1 is 1.12 bits per heavy atom. The molecule has 0 atom stereocenters. The lowest BCUT2D eigenvalue weighted by Gasteiger charge is -2.10. The van der Waals surface area contributed by atoms with Crippen LogP contribution in [0.3, 0.4) is 0 Å². The molecule has 0 unspecified atom stereocenters. The average Bonchev–Trinajstić information content (AvgIpc) is 3.15. The highest BCUT2D eigenvalue weighted by molar-refractivity contribution is 5.84. The molecule has 6 nitrogen and oxygen atoms in total.